The molecule has 0 saturated carbocycles. The zero-order chi connectivity index (χ0) is 10.1. The molecule has 0 atom stereocenters. The fourth-order valence-corrected chi connectivity index (χ4v) is 1.29. The van der Waals surface area contributed by atoms with E-state index < -0.39 is 4.92 Å². The van der Waals surface area contributed by atoms with E-state index in [1.807, 2.05) is 0 Å². The number of nitro groups is 1. The fraction of sp³-hybridized carbons (Fsp3) is 0.125. The Morgan fingerprint density at radius 1 is 1.57 bits per heavy atom. The summed E-state index contributed by atoms with van der Waals surface area (Å²) in [5.74, 6) is 0. The fourth-order valence-electron chi connectivity index (χ4n) is 1.29. The van der Waals surface area contributed by atoms with Gasteiger partial charge in [0, 0.05) is 19.2 Å². The summed E-state index contributed by atoms with van der Waals surface area (Å²) in [6.45, 7) is 0. The number of imidazole rings is 1. The molecule has 0 aliphatic rings. The molecule has 1 N–H and O–H groups in total. The molecule has 0 spiro atoms. The van der Waals surface area contributed by atoms with E-state index in [-0.39, 0.29) is 5.69 Å². The Balaban J connectivity index is 2.63. The third kappa shape index (κ3) is 1.17. The average Bonchev–Trinajstić information content (AvgIpc) is 2.59. The molecule has 1 aromatic heterocycles. The summed E-state index contributed by atoms with van der Waals surface area (Å²) < 4.78 is 1.69. The first kappa shape index (κ1) is 8.49. The molecule has 1 heterocycles. The Morgan fingerprint density at radius 2 is 2.36 bits per heavy atom. The maximum Gasteiger partial charge on any atom is 0.271 e. The topological polar surface area (TPSA) is 73.0 Å². The summed E-state index contributed by atoms with van der Waals surface area (Å²) in [4.78, 5) is 14.1. The maximum atomic E-state index is 10.5. The molecule has 1 aromatic carbocycles. The Kier molecular flexibility index (Phi) is 1.81. The number of hydrogen-bond donors (Lipinski definition) is 1. The molecule has 0 aliphatic carbocycles. The number of fused-ring (bicyclic) bond motifs is 1. The van der Waals surface area contributed by atoms with Crippen LogP contribution in [0, 0.1) is 10.1 Å². The summed E-state index contributed by atoms with van der Waals surface area (Å²) >= 11 is 0. The van der Waals surface area contributed by atoms with Crippen molar-refractivity contribution in [3.63, 3.8) is 0 Å². The highest BCUT2D eigenvalue weighted by atomic mass is 16.6. The molecule has 6 nitrogen and oxygen atoms in total. The first-order valence-corrected chi connectivity index (χ1v) is 4.01. The normalized spacial score (nSPS) is 10.4. The van der Waals surface area contributed by atoms with Gasteiger partial charge in [0.05, 0.1) is 16.0 Å². The molecule has 0 unspecified atom stereocenters. The molecule has 0 saturated heterocycles. The van der Waals surface area contributed by atoms with Crippen LogP contribution in [0.5, 0.6) is 0 Å². The van der Waals surface area contributed by atoms with Crippen LogP contribution in [0.4, 0.5) is 5.69 Å². The van der Waals surface area contributed by atoms with Crippen LogP contribution in [0.2, 0.25) is 0 Å². The maximum absolute atomic E-state index is 10.5. The average molecular weight is 192 g/mol. The highest BCUT2D eigenvalue weighted by molar-refractivity contribution is 5.78. The van der Waals surface area contributed by atoms with Crippen LogP contribution in [0.1, 0.15) is 0 Å². The number of nitrogens with zero attached hydrogens (tertiary/aromatic N) is 3. The Morgan fingerprint density at radius 3 is 3.00 bits per heavy atom. The lowest BCUT2D eigenvalue weighted by atomic mass is 10.3. The first-order chi connectivity index (χ1) is 6.72. The van der Waals surface area contributed by atoms with Gasteiger partial charge < -0.3 is 5.43 Å². The smallest absolute Gasteiger partial charge is 0.271 e. The number of nitrogens with one attached hydrogen (secondary N) is 1. The van der Waals surface area contributed by atoms with Gasteiger partial charge in [0.25, 0.3) is 5.69 Å². The summed E-state index contributed by atoms with van der Waals surface area (Å²) in [5.41, 5.74) is 4.36. The summed E-state index contributed by atoms with van der Waals surface area (Å²) in [6, 6.07) is 4.57. The van der Waals surface area contributed by atoms with Gasteiger partial charge in [-0.05, 0) is 6.07 Å². The molecule has 2 rings (SSSR count). The van der Waals surface area contributed by atoms with Gasteiger partial charge in [-0.25, -0.2) is 9.66 Å². The van der Waals surface area contributed by atoms with Crippen LogP contribution in [0.3, 0.4) is 0 Å². The zero-order valence-electron chi connectivity index (χ0n) is 7.47. The van der Waals surface area contributed by atoms with Crippen LogP contribution >= 0.6 is 0 Å². The molecular weight excluding hydrogens is 184 g/mol. The second-order valence-corrected chi connectivity index (χ2v) is 2.77. The minimum Gasteiger partial charge on any atom is -0.327 e. The number of non-ortho nitro benzene ring substituents is 1. The van der Waals surface area contributed by atoms with Gasteiger partial charge in [-0.15, -0.1) is 0 Å². The van der Waals surface area contributed by atoms with Gasteiger partial charge in [-0.1, -0.05) is 0 Å². The van der Waals surface area contributed by atoms with Gasteiger partial charge in [-0.3, -0.25) is 10.1 Å². The summed E-state index contributed by atoms with van der Waals surface area (Å²) in [7, 11) is 1.75. The van der Waals surface area contributed by atoms with Crippen LogP contribution < -0.4 is 5.43 Å². The second-order valence-electron chi connectivity index (χ2n) is 2.77. The van der Waals surface area contributed by atoms with Crippen molar-refractivity contribution in [1.29, 1.82) is 0 Å². The molecule has 0 bridgehead atoms. The molecule has 0 fully saturated rings. The highest BCUT2D eigenvalue weighted by Gasteiger charge is 2.08. The van der Waals surface area contributed by atoms with Crippen molar-refractivity contribution < 1.29 is 4.92 Å². The predicted octanol–water partition coefficient (Wildman–Crippen LogP) is 1.12. The number of nitro benzene ring substituents is 1. The van der Waals surface area contributed by atoms with Crippen molar-refractivity contribution in [2.75, 3.05) is 12.5 Å². The monoisotopic (exact) mass is 192 g/mol. The lowest BCUT2D eigenvalue weighted by Crippen LogP contribution is -2.06. The number of benzene rings is 1. The van der Waals surface area contributed by atoms with Crippen molar-refractivity contribution in [2.24, 2.45) is 0 Å². The molecule has 2 aromatic rings. The Bertz CT molecular complexity index is 491. The van der Waals surface area contributed by atoms with Crippen molar-refractivity contribution >= 4 is 16.7 Å². The van der Waals surface area contributed by atoms with E-state index in [1.165, 1.54) is 12.1 Å². The van der Waals surface area contributed by atoms with Crippen molar-refractivity contribution in [3.05, 3.63) is 34.6 Å². The summed E-state index contributed by atoms with van der Waals surface area (Å²) in [6.07, 6.45) is 1.58. The quantitative estimate of drug-likeness (QED) is 0.571. The van der Waals surface area contributed by atoms with Crippen LogP contribution in [-0.4, -0.2) is 21.6 Å². The van der Waals surface area contributed by atoms with Crippen LogP contribution in [0.15, 0.2) is 24.5 Å². The first-order valence-electron chi connectivity index (χ1n) is 4.01. The molecule has 0 amide bonds. The lowest BCUT2D eigenvalue weighted by molar-refractivity contribution is -0.384. The Hall–Kier alpha value is -2.11. The second kappa shape index (κ2) is 2.99. The third-order valence-electron chi connectivity index (χ3n) is 1.98. The molecular formula is C8H8N4O2. The number of hydrogen-bond acceptors (Lipinski definition) is 4. The third-order valence-corrected chi connectivity index (χ3v) is 1.98. The van der Waals surface area contributed by atoms with E-state index in [1.54, 1.807) is 24.1 Å². The van der Waals surface area contributed by atoms with Gasteiger partial charge in [0.2, 0.25) is 0 Å². The predicted molar refractivity (Wildman–Crippen MR) is 51.7 cm³/mol. The van der Waals surface area contributed by atoms with E-state index in [0.29, 0.717) is 5.52 Å². The van der Waals surface area contributed by atoms with Crippen molar-refractivity contribution in [1.82, 2.24) is 9.66 Å². The van der Waals surface area contributed by atoms with E-state index >= 15 is 0 Å². The van der Waals surface area contributed by atoms with E-state index in [9.17, 15) is 10.1 Å². The largest absolute Gasteiger partial charge is 0.327 e. The van der Waals surface area contributed by atoms with Crippen LogP contribution in [0.25, 0.3) is 11.0 Å². The van der Waals surface area contributed by atoms with Gasteiger partial charge in [0.15, 0.2) is 0 Å². The molecule has 72 valence electrons. The molecule has 14 heavy (non-hydrogen) atoms. The van der Waals surface area contributed by atoms with Crippen molar-refractivity contribution in [2.45, 2.75) is 0 Å². The van der Waals surface area contributed by atoms with Crippen LogP contribution in [-0.2, 0) is 0 Å². The van der Waals surface area contributed by atoms with Gasteiger partial charge in [-0.2, -0.15) is 0 Å². The molecule has 0 aliphatic heterocycles. The van der Waals surface area contributed by atoms with Gasteiger partial charge >= 0.3 is 0 Å². The molecule has 6 heteroatoms. The van der Waals surface area contributed by atoms with E-state index in [2.05, 4.69) is 10.4 Å². The SMILES string of the molecule is CNn1cnc2cc([N+](=O)[O-])ccc21. The number of aromatic nitrogens is 2. The van der Waals surface area contributed by atoms with E-state index in [0.717, 1.165) is 5.52 Å². The highest BCUT2D eigenvalue weighted by Crippen LogP contribution is 2.18. The summed E-state index contributed by atoms with van der Waals surface area (Å²) in [5, 5.41) is 10.5. The Labute approximate surface area is 79.3 Å². The standard InChI is InChI=1S/C8H8N4O2/c1-9-11-5-10-7-4-6(12(13)14)2-3-8(7)11/h2-5,9H,1H3. The number of rotatable bonds is 2. The minimum atomic E-state index is -0.433. The van der Waals surface area contributed by atoms with E-state index in [4.69, 9.17) is 0 Å². The minimum absolute atomic E-state index is 0.0545. The van der Waals surface area contributed by atoms with Gasteiger partial charge in [0.1, 0.15) is 6.33 Å². The van der Waals surface area contributed by atoms with Crippen molar-refractivity contribution in [3.8, 4) is 0 Å². The lowest BCUT2D eigenvalue weighted by Gasteiger charge is -2.00. The zero-order valence-corrected chi connectivity index (χ0v) is 7.47. The molecule has 0 radical (unpaired) electrons.